The van der Waals surface area contributed by atoms with Gasteiger partial charge in [0.15, 0.2) is 9.84 Å². The minimum absolute atomic E-state index is 0.0728. The summed E-state index contributed by atoms with van der Waals surface area (Å²) in [5.41, 5.74) is 2.27. The summed E-state index contributed by atoms with van der Waals surface area (Å²) in [6.45, 7) is 0.549. The number of hydrogen-bond donors (Lipinski definition) is 1. The zero-order valence-corrected chi connectivity index (χ0v) is 12.2. The van der Waals surface area contributed by atoms with E-state index in [-0.39, 0.29) is 17.7 Å². The molecule has 5 heteroatoms. The molecule has 2 unspecified atom stereocenters. The Kier molecular flexibility index (Phi) is 4.60. The predicted molar refractivity (Wildman–Crippen MR) is 75.7 cm³/mol. The average molecular weight is 283 g/mol. The maximum atomic E-state index is 11.7. The van der Waals surface area contributed by atoms with E-state index in [1.54, 1.807) is 7.11 Å². The summed E-state index contributed by atoms with van der Waals surface area (Å²) in [6, 6.07) is 8.13. The standard InChI is InChI=1S/C14H21NO3S/c1-15-14(12-7-8-19(16,17)10-12)13-6-4-3-5-11(13)9-18-2/h3-6,12,14-15H,7-10H2,1-2H3. The van der Waals surface area contributed by atoms with Gasteiger partial charge in [-0.3, -0.25) is 0 Å². The molecule has 2 rings (SSSR count). The van der Waals surface area contributed by atoms with Gasteiger partial charge in [0.25, 0.3) is 0 Å². The monoisotopic (exact) mass is 283 g/mol. The summed E-state index contributed by atoms with van der Waals surface area (Å²) < 4.78 is 28.5. The van der Waals surface area contributed by atoms with Gasteiger partial charge in [-0.1, -0.05) is 24.3 Å². The smallest absolute Gasteiger partial charge is 0.150 e. The van der Waals surface area contributed by atoms with Crippen LogP contribution in [0.1, 0.15) is 23.6 Å². The number of nitrogens with one attached hydrogen (secondary N) is 1. The van der Waals surface area contributed by atoms with E-state index in [0.717, 1.165) is 17.5 Å². The van der Waals surface area contributed by atoms with Gasteiger partial charge in [0.05, 0.1) is 18.1 Å². The third-order valence-electron chi connectivity index (χ3n) is 3.74. The Labute approximate surface area is 115 Å². The van der Waals surface area contributed by atoms with E-state index in [4.69, 9.17) is 4.74 Å². The van der Waals surface area contributed by atoms with E-state index in [0.29, 0.717) is 12.4 Å². The molecule has 0 radical (unpaired) electrons. The molecule has 1 saturated heterocycles. The quantitative estimate of drug-likeness (QED) is 0.890. The molecule has 1 fully saturated rings. The van der Waals surface area contributed by atoms with Crippen molar-refractivity contribution < 1.29 is 13.2 Å². The molecule has 2 atom stereocenters. The summed E-state index contributed by atoms with van der Waals surface area (Å²) in [6.07, 6.45) is 0.731. The van der Waals surface area contributed by atoms with Gasteiger partial charge in [-0.2, -0.15) is 0 Å². The lowest BCUT2D eigenvalue weighted by molar-refractivity contribution is 0.183. The molecule has 1 aromatic rings. The van der Waals surface area contributed by atoms with Gasteiger partial charge in [0.1, 0.15) is 0 Å². The van der Waals surface area contributed by atoms with Crippen molar-refractivity contribution in [2.45, 2.75) is 19.1 Å². The van der Waals surface area contributed by atoms with Crippen LogP contribution in [0, 0.1) is 5.92 Å². The fourth-order valence-electron chi connectivity index (χ4n) is 2.86. The second kappa shape index (κ2) is 6.03. The summed E-state index contributed by atoms with van der Waals surface area (Å²) in [4.78, 5) is 0. The van der Waals surface area contributed by atoms with E-state index in [2.05, 4.69) is 11.4 Å². The van der Waals surface area contributed by atoms with Crippen molar-refractivity contribution in [2.75, 3.05) is 25.7 Å². The number of benzene rings is 1. The first kappa shape index (κ1) is 14.5. The molecule has 4 nitrogen and oxygen atoms in total. The lowest BCUT2D eigenvalue weighted by Gasteiger charge is -2.25. The number of sulfone groups is 1. The zero-order valence-electron chi connectivity index (χ0n) is 11.4. The summed E-state index contributed by atoms with van der Waals surface area (Å²) in [7, 11) is 0.705. The lowest BCUT2D eigenvalue weighted by atomic mass is 9.90. The van der Waals surface area contributed by atoms with E-state index < -0.39 is 9.84 Å². The molecular weight excluding hydrogens is 262 g/mol. The second-order valence-electron chi connectivity index (χ2n) is 5.06. The minimum atomic E-state index is -2.85. The fraction of sp³-hybridized carbons (Fsp3) is 0.571. The number of rotatable bonds is 5. The van der Waals surface area contributed by atoms with Crippen LogP contribution in [-0.4, -0.2) is 34.1 Å². The summed E-state index contributed by atoms with van der Waals surface area (Å²) >= 11 is 0. The first-order valence-corrected chi connectivity index (χ1v) is 8.34. The van der Waals surface area contributed by atoms with Crippen LogP contribution in [0.25, 0.3) is 0 Å². The molecule has 0 spiro atoms. The lowest BCUT2D eigenvalue weighted by Crippen LogP contribution is -2.27. The Hall–Kier alpha value is -0.910. The molecule has 0 saturated carbocycles. The fourth-order valence-corrected chi connectivity index (χ4v) is 4.70. The molecule has 0 amide bonds. The van der Waals surface area contributed by atoms with Crippen molar-refractivity contribution in [2.24, 2.45) is 5.92 Å². The highest BCUT2D eigenvalue weighted by Crippen LogP contribution is 2.32. The van der Waals surface area contributed by atoms with Crippen LogP contribution in [0.2, 0.25) is 0 Å². The number of methoxy groups -OCH3 is 1. The molecule has 1 aromatic carbocycles. The topological polar surface area (TPSA) is 55.4 Å². The molecule has 0 aliphatic carbocycles. The van der Waals surface area contributed by atoms with E-state index in [9.17, 15) is 8.42 Å². The minimum Gasteiger partial charge on any atom is -0.380 e. The predicted octanol–water partition coefficient (Wildman–Crippen LogP) is 1.53. The van der Waals surface area contributed by atoms with Crippen LogP contribution >= 0.6 is 0 Å². The number of ether oxygens (including phenoxy) is 1. The molecule has 1 N–H and O–H groups in total. The molecule has 106 valence electrons. The normalized spacial score (nSPS) is 23.4. The Morgan fingerprint density at radius 3 is 2.74 bits per heavy atom. The Bertz CT molecular complexity index is 527. The number of hydrogen-bond acceptors (Lipinski definition) is 4. The van der Waals surface area contributed by atoms with Gasteiger partial charge in [-0.05, 0) is 30.5 Å². The van der Waals surface area contributed by atoms with Crippen LogP contribution in [-0.2, 0) is 21.2 Å². The van der Waals surface area contributed by atoms with Crippen molar-refractivity contribution in [3.8, 4) is 0 Å². The zero-order chi connectivity index (χ0) is 13.9. The second-order valence-corrected chi connectivity index (χ2v) is 7.29. The van der Waals surface area contributed by atoms with Crippen molar-refractivity contribution >= 4 is 9.84 Å². The highest BCUT2D eigenvalue weighted by molar-refractivity contribution is 7.91. The Morgan fingerprint density at radius 2 is 2.16 bits per heavy atom. The maximum absolute atomic E-state index is 11.7. The third kappa shape index (κ3) is 3.35. The third-order valence-corrected chi connectivity index (χ3v) is 5.53. The largest absolute Gasteiger partial charge is 0.380 e. The van der Waals surface area contributed by atoms with E-state index >= 15 is 0 Å². The summed E-state index contributed by atoms with van der Waals surface area (Å²) in [5, 5.41) is 3.28. The van der Waals surface area contributed by atoms with Gasteiger partial charge in [-0.15, -0.1) is 0 Å². The van der Waals surface area contributed by atoms with Gasteiger partial charge in [0.2, 0.25) is 0 Å². The maximum Gasteiger partial charge on any atom is 0.150 e. The van der Waals surface area contributed by atoms with Crippen LogP contribution in [0.3, 0.4) is 0 Å². The van der Waals surface area contributed by atoms with Gasteiger partial charge < -0.3 is 10.1 Å². The van der Waals surface area contributed by atoms with Crippen LogP contribution in [0.4, 0.5) is 0 Å². The molecule has 1 aliphatic rings. The van der Waals surface area contributed by atoms with E-state index in [1.165, 1.54) is 0 Å². The van der Waals surface area contributed by atoms with Gasteiger partial charge >= 0.3 is 0 Å². The van der Waals surface area contributed by atoms with Gasteiger partial charge in [0, 0.05) is 13.2 Å². The molecule has 19 heavy (non-hydrogen) atoms. The van der Waals surface area contributed by atoms with Crippen molar-refractivity contribution in [1.82, 2.24) is 5.32 Å². The van der Waals surface area contributed by atoms with E-state index in [1.807, 2.05) is 25.2 Å². The van der Waals surface area contributed by atoms with Crippen LogP contribution in [0.15, 0.2) is 24.3 Å². The van der Waals surface area contributed by atoms with Crippen molar-refractivity contribution in [3.63, 3.8) is 0 Å². The molecule has 1 aliphatic heterocycles. The Morgan fingerprint density at radius 1 is 1.42 bits per heavy atom. The molecule has 0 aromatic heterocycles. The first-order chi connectivity index (χ1) is 9.07. The van der Waals surface area contributed by atoms with Crippen LogP contribution < -0.4 is 5.32 Å². The average Bonchev–Trinajstić information content (AvgIpc) is 2.73. The van der Waals surface area contributed by atoms with Crippen molar-refractivity contribution in [1.29, 1.82) is 0 Å². The Balaban J connectivity index is 2.27. The molecule has 0 bridgehead atoms. The SMILES string of the molecule is CNC(c1ccccc1COC)C1CCS(=O)(=O)C1. The summed E-state index contributed by atoms with van der Waals surface area (Å²) in [5.74, 6) is 0.732. The highest BCUT2D eigenvalue weighted by Gasteiger charge is 2.34. The highest BCUT2D eigenvalue weighted by atomic mass is 32.2. The molecule has 1 heterocycles. The molecular formula is C14H21NO3S. The van der Waals surface area contributed by atoms with Gasteiger partial charge in [-0.25, -0.2) is 8.42 Å². The first-order valence-electron chi connectivity index (χ1n) is 6.52. The van der Waals surface area contributed by atoms with Crippen molar-refractivity contribution in [3.05, 3.63) is 35.4 Å². The van der Waals surface area contributed by atoms with Crippen LogP contribution in [0.5, 0.6) is 0 Å².